The summed E-state index contributed by atoms with van der Waals surface area (Å²) in [6, 6.07) is -1.00. The molecule has 0 aliphatic rings. The summed E-state index contributed by atoms with van der Waals surface area (Å²) in [5, 5.41) is 8.73. The van der Waals surface area contributed by atoms with Crippen LogP contribution in [0.4, 0.5) is 0 Å². The molecule has 5 nitrogen and oxygen atoms in total. The quantitative estimate of drug-likeness (QED) is 0.287. The van der Waals surface area contributed by atoms with E-state index in [2.05, 4.69) is 4.79 Å². The van der Waals surface area contributed by atoms with Crippen molar-refractivity contribution >= 4 is 12.0 Å². The van der Waals surface area contributed by atoms with E-state index in [-0.39, 0.29) is 0 Å². The molecule has 2 atom stereocenters. The van der Waals surface area contributed by atoms with Crippen LogP contribution in [0.15, 0.2) is 0 Å². The molecule has 5 heteroatoms. The zero-order chi connectivity index (χ0) is 8.15. The van der Waals surface area contributed by atoms with E-state index in [9.17, 15) is 4.79 Å². The lowest BCUT2D eigenvalue weighted by Crippen LogP contribution is -2.40. The van der Waals surface area contributed by atoms with E-state index in [1.807, 2.05) is 0 Å². The van der Waals surface area contributed by atoms with Gasteiger partial charge in [0.1, 0.15) is 6.04 Å². The summed E-state index contributed by atoms with van der Waals surface area (Å²) in [4.78, 5) is 13.1. The van der Waals surface area contributed by atoms with Crippen LogP contribution in [-0.4, -0.2) is 34.0 Å². The fraction of sp³-hybridized carbons (Fsp3) is 0.600. The predicted molar refractivity (Wildman–Crippen MR) is 34.3 cm³/mol. The maximum atomic E-state index is 10.6. The number of nitrogens with zero attached hydrogens (tertiary/aromatic N) is 2. The second-order valence-electron chi connectivity index (χ2n) is 1.91. The number of hydrogen-bond donors (Lipinski definition) is 2. The maximum absolute atomic E-state index is 10.6. The first-order valence-corrected chi connectivity index (χ1v) is 2.74. The molecule has 0 aromatic rings. The minimum absolute atomic E-state index is 0.600. The van der Waals surface area contributed by atoms with Crippen molar-refractivity contribution in [3.63, 3.8) is 0 Å². The minimum Gasteiger partial charge on any atom is -0.391 e. The summed E-state index contributed by atoms with van der Waals surface area (Å²) in [6.07, 6.45) is -0.261. The Labute approximate surface area is 58.1 Å². The van der Waals surface area contributed by atoms with Gasteiger partial charge in [0.25, 0.3) is 5.78 Å². The van der Waals surface area contributed by atoms with Crippen molar-refractivity contribution in [2.45, 2.75) is 19.1 Å². The number of Topliss-reactive ketones (excluding diaryl/α,β-unsaturated/α-hetero) is 1. The molecule has 0 heterocycles. The van der Waals surface area contributed by atoms with E-state index in [1.165, 1.54) is 6.92 Å². The number of ketones is 1. The Balaban J connectivity index is 4.07. The molecule has 0 amide bonds. The molecule has 0 fully saturated rings. The Bertz CT molecular complexity index is 172. The van der Waals surface area contributed by atoms with E-state index in [0.717, 1.165) is 0 Å². The largest absolute Gasteiger partial charge is 0.391 e. The number of nitrogens with two attached hydrogens (primary N) is 1. The Morgan fingerprint density at radius 3 is 2.70 bits per heavy atom. The molecule has 0 rings (SSSR count). The Morgan fingerprint density at radius 2 is 2.40 bits per heavy atom. The molecule has 0 spiro atoms. The number of carbonyl (C=O) groups excluding carboxylic acids is 1. The minimum atomic E-state index is -1.00. The van der Waals surface area contributed by atoms with Gasteiger partial charge in [-0.2, -0.15) is 4.79 Å². The number of aliphatic hydroxyl groups is 1. The zero-order valence-electron chi connectivity index (χ0n) is 5.56. The SMILES string of the molecule is C[C@H](O)[C@H](N)C(=O)C=[N+]=[N-]. The van der Waals surface area contributed by atoms with Gasteiger partial charge in [-0.3, -0.25) is 4.79 Å². The summed E-state index contributed by atoms with van der Waals surface area (Å²) in [6.45, 7) is 1.38. The average Bonchev–Trinajstić information content (AvgIpc) is 1.87. The van der Waals surface area contributed by atoms with Crippen LogP contribution in [-0.2, 0) is 4.79 Å². The van der Waals surface area contributed by atoms with E-state index in [0.29, 0.717) is 6.21 Å². The number of aliphatic hydroxyl groups excluding tert-OH is 1. The first-order chi connectivity index (χ1) is 4.59. The molecule has 0 saturated heterocycles. The molecule has 56 valence electrons. The fourth-order valence-corrected chi connectivity index (χ4v) is 0.381. The standard InChI is InChI=1S/C5H9N3O2/c1-3(9)5(6)4(10)2-8-7/h2-3,5,9H,6H2,1H3/t3-,5-/m0/s1. The first-order valence-electron chi connectivity index (χ1n) is 2.74. The maximum Gasteiger partial charge on any atom is 0.324 e. The third kappa shape index (κ3) is 2.50. The Hall–Kier alpha value is -1.03. The summed E-state index contributed by atoms with van der Waals surface area (Å²) in [5.41, 5.74) is 13.0. The second-order valence-corrected chi connectivity index (χ2v) is 1.91. The lowest BCUT2D eigenvalue weighted by Gasteiger charge is -2.06. The van der Waals surface area contributed by atoms with Crippen molar-refractivity contribution in [1.29, 1.82) is 0 Å². The number of hydrogen-bond acceptors (Lipinski definition) is 3. The van der Waals surface area contributed by atoms with Crippen molar-refractivity contribution < 1.29 is 14.7 Å². The molecule has 0 unspecified atom stereocenters. The summed E-state index contributed by atoms with van der Waals surface area (Å²) < 4.78 is 0. The van der Waals surface area contributed by atoms with Gasteiger partial charge in [0.05, 0.1) is 6.10 Å². The van der Waals surface area contributed by atoms with Gasteiger partial charge in [-0.1, -0.05) is 0 Å². The summed E-state index contributed by atoms with van der Waals surface area (Å²) in [7, 11) is 0. The molecular weight excluding hydrogens is 134 g/mol. The predicted octanol–water partition coefficient (Wildman–Crippen LogP) is -1.44. The highest BCUT2D eigenvalue weighted by molar-refractivity contribution is 6.27. The van der Waals surface area contributed by atoms with Crippen molar-refractivity contribution in [2.24, 2.45) is 5.73 Å². The van der Waals surface area contributed by atoms with Crippen LogP contribution < -0.4 is 5.73 Å². The molecular formula is C5H9N3O2. The first kappa shape index (κ1) is 8.97. The molecule has 0 aromatic heterocycles. The number of rotatable bonds is 3. The van der Waals surface area contributed by atoms with E-state index >= 15 is 0 Å². The molecule has 0 aromatic carbocycles. The summed E-state index contributed by atoms with van der Waals surface area (Å²) >= 11 is 0. The lowest BCUT2D eigenvalue weighted by atomic mass is 10.1. The smallest absolute Gasteiger partial charge is 0.324 e. The van der Waals surface area contributed by atoms with Gasteiger partial charge in [0.2, 0.25) is 0 Å². The van der Waals surface area contributed by atoms with Gasteiger partial charge in [0.15, 0.2) is 0 Å². The molecule has 3 N–H and O–H groups in total. The van der Waals surface area contributed by atoms with Gasteiger partial charge in [-0.15, -0.1) is 0 Å². The monoisotopic (exact) mass is 143 g/mol. The Kier molecular flexibility index (Phi) is 3.49. The molecule has 10 heavy (non-hydrogen) atoms. The van der Waals surface area contributed by atoms with Crippen LogP contribution in [0.25, 0.3) is 5.53 Å². The van der Waals surface area contributed by atoms with Crippen LogP contribution in [0.3, 0.4) is 0 Å². The van der Waals surface area contributed by atoms with Crippen LogP contribution in [0, 0.1) is 0 Å². The van der Waals surface area contributed by atoms with E-state index < -0.39 is 17.9 Å². The number of carbonyl (C=O) groups is 1. The summed E-state index contributed by atoms with van der Waals surface area (Å²) in [5.74, 6) is -0.600. The Morgan fingerprint density at radius 1 is 1.90 bits per heavy atom. The highest BCUT2D eigenvalue weighted by atomic mass is 16.3. The highest BCUT2D eigenvalue weighted by Gasteiger charge is 2.19. The van der Waals surface area contributed by atoms with Crippen LogP contribution in [0.5, 0.6) is 0 Å². The van der Waals surface area contributed by atoms with Gasteiger partial charge in [-0.05, 0) is 6.92 Å². The highest BCUT2D eigenvalue weighted by Crippen LogP contribution is 1.86. The van der Waals surface area contributed by atoms with Gasteiger partial charge >= 0.3 is 6.21 Å². The van der Waals surface area contributed by atoms with Crippen molar-refractivity contribution in [2.75, 3.05) is 0 Å². The van der Waals surface area contributed by atoms with Crippen molar-refractivity contribution in [1.82, 2.24) is 0 Å². The van der Waals surface area contributed by atoms with Crippen LogP contribution in [0.1, 0.15) is 6.92 Å². The van der Waals surface area contributed by atoms with Crippen LogP contribution in [0.2, 0.25) is 0 Å². The third-order valence-corrected chi connectivity index (χ3v) is 1.03. The lowest BCUT2D eigenvalue weighted by molar-refractivity contribution is -0.119. The van der Waals surface area contributed by atoms with Crippen LogP contribution >= 0.6 is 0 Å². The van der Waals surface area contributed by atoms with E-state index in [1.54, 1.807) is 0 Å². The molecule has 0 saturated carbocycles. The fourth-order valence-electron chi connectivity index (χ4n) is 0.381. The second kappa shape index (κ2) is 3.90. The van der Waals surface area contributed by atoms with E-state index in [4.69, 9.17) is 16.4 Å². The third-order valence-electron chi connectivity index (χ3n) is 1.03. The normalized spacial score (nSPS) is 15.1. The molecule has 0 radical (unpaired) electrons. The molecule has 0 aliphatic heterocycles. The average molecular weight is 143 g/mol. The van der Waals surface area contributed by atoms with Gasteiger partial charge in [-0.25, -0.2) is 0 Å². The van der Waals surface area contributed by atoms with Crippen molar-refractivity contribution in [3.05, 3.63) is 5.53 Å². The zero-order valence-corrected chi connectivity index (χ0v) is 5.56. The van der Waals surface area contributed by atoms with Crippen molar-refractivity contribution in [3.8, 4) is 0 Å². The topological polar surface area (TPSA) is 99.7 Å². The van der Waals surface area contributed by atoms with Gasteiger partial charge < -0.3 is 16.4 Å². The molecule has 0 aliphatic carbocycles. The molecule has 0 bridgehead atoms. The van der Waals surface area contributed by atoms with Gasteiger partial charge in [0, 0.05) is 0 Å².